The van der Waals surface area contributed by atoms with Gasteiger partial charge in [-0.15, -0.1) is 11.3 Å². The third-order valence-corrected chi connectivity index (χ3v) is 4.41. The fourth-order valence-corrected chi connectivity index (χ4v) is 3.31. The van der Waals surface area contributed by atoms with Crippen molar-refractivity contribution in [3.63, 3.8) is 0 Å². The quantitative estimate of drug-likeness (QED) is 0.772. The molecule has 0 atom stereocenters. The Morgan fingerprint density at radius 2 is 2.17 bits per heavy atom. The van der Waals surface area contributed by atoms with Gasteiger partial charge in [0.25, 0.3) is 5.91 Å². The minimum atomic E-state index is -0.170. The van der Waals surface area contributed by atoms with E-state index in [1.165, 1.54) is 11.3 Å². The van der Waals surface area contributed by atoms with Crippen molar-refractivity contribution in [2.45, 2.75) is 20.5 Å². The van der Waals surface area contributed by atoms with Gasteiger partial charge in [0.05, 0.1) is 12.2 Å². The van der Waals surface area contributed by atoms with Crippen molar-refractivity contribution in [3.8, 4) is 5.13 Å². The van der Waals surface area contributed by atoms with Crippen LogP contribution in [0.25, 0.3) is 5.13 Å². The van der Waals surface area contributed by atoms with E-state index in [-0.39, 0.29) is 12.5 Å². The van der Waals surface area contributed by atoms with Crippen molar-refractivity contribution < 1.29 is 9.90 Å². The molecule has 0 radical (unpaired) electrons. The van der Waals surface area contributed by atoms with Crippen LogP contribution in [0.3, 0.4) is 0 Å². The first-order chi connectivity index (χ1) is 11.1. The zero-order chi connectivity index (χ0) is 16.4. The second-order valence-electron chi connectivity index (χ2n) is 5.25. The van der Waals surface area contributed by atoms with E-state index in [0.29, 0.717) is 11.3 Å². The van der Waals surface area contributed by atoms with Crippen LogP contribution in [0.2, 0.25) is 0 Å². The van der Waals surface area contributed by atoms with Crippen LogP contribution in [0.4, 0.5) is 5.69 Å². The van der Waals surface area contributed by atoms with Crippen molar-refractivity contribution in [3.05, 3.63) is 64.4 Å². The molecule has 3 aromatic rings. The Hall–Kier alpha value is -2.44. The SMILES string of the molecule is Cc1cc(C(=O)Nc2cccc(CO)c2)c(C)n1-c1nccs1. The minimum absolute atomic E-state index is 0.0533. The van der Waals surface area contributed by atoms with Crippen molar-refractivity contribution in [2.75, 3.05) is 5.32 Å². The van der Waals surface area contributed by atoms with E-state index in [9.17, 15) is 9.90 Å². The molecule has 23 heavy (non-hydrogen) atoms. The number of aliphatic hydroxyl groups excluding tert-OH is 1. The third kappa shape index (κ3) is 3.04. The number of carbonyl (C=O) groups excluding carboxylic acids is 1. The molecule has 0 spiro atoms. The molecule has 0 saturated heterocycles. The van der Waals surface area contributed by atoms with E-state index in [1.54, 1.807) is 24.4 Å². The third-order valence-electron chi connectivity index (χ3n) is 3.65. The van der Waals surface area contributed by atoms with Gasteiger partial charge in [-0.05, 0) is 37.6 Å². The Labute approximate surface area is 138 Å². The van der Waals surface area contributed by atoms with E-state index >= 15 is 0 Å². The molecule has 3 rings (SSSR count). The number of aliphatic hydroxyl groups is 1. The number of thiazole rings is 1. The maximum Gasteiger partial charge on any atom is 0.257 e. The fraction of sp³-hybridized carbons (Fsp3) is 0.176. The van der Waals surface area contributed by atoms with Gasteiger partial charge in [0.1, 0.15) is 0 Å². The van der Waals surface area contributed by atoms with Crippen LogP contribution in [0.15, 0.2) is 41.9 Å². The normalized spacial score (nSPS) is 10.7. The first-order valence-electron chi connectivity index (χ1n) is 7.20. The number of nitrogens with one attached hydrogen (secondary N) is 1. The summed E-state index contributed by atoms with van der Waals surface area (Å²) < 4.78 is 1.98. The Balaban J connectivity index is 1.90. The Morgan fingerprint density at radius 1 is 1.35 bits per heavy atom. The van der Waals surface area contributed by atoms with E-state index in [1.807, 2.05) is 35.9 Å². The van der Waals surface area contributed by atoms with Gasteiger partial charge < -0.3 is 10.4 Å². The highest BCUT2D eigenvalue weighted by Crippen LogP contribution is 2.23. The zero-order valence-corrected chi connectivity index (χ0v) is 13.7. The molecule has 0 saturated carbocycles. The highest BCUT2D eigenvalue weighted by Gasteiger charge is 2.17. The molecule has 0 unspecified atom stereocenters. The topological polar surface area (TPSA) is 67.2 Å². The number of amides is 1. The minimum Gasteiger partial charge on any atom is -0.392 e. The fourth-order valence-electron chi connectivity index (χ4n) is 2.56. The van der Waals surface area contributed by atoms with Crippen molar-refractivity contribution >= 4 is 22.9 Å². The predicted octanol–water partition coefficient (Wildman–Crippen LogP) is 3.30. The summed E-state index contributed by atoms with van der Waals surface area (Å²) in [4.78, 5) is 16.9. The zero-order valence-electron chi connectivity index (χ0n) is 12.9. The van der Waals surface area contributed by atoms with Gasteiger partial charge in [0.15, 0.2) is 5.13 Å². The Bertz CT molecular complexity index is 838. The van der Waals surface area contributed by atoms with Crippen LogP contribution < -0.4 is 5.32 Å². The van der Waals surface area contributed by atoms with Gasteiger partial charge in [0.2, 0.25) is 0 Å². The monoisotopic (exact) mass is 327 g/mol. The summed E-state index contributed by atoms with van der Waals surface area (Å²) in [6.45, 7) is 3.81. The number of nitrogens with zero attached hydrogens (tertiary/aromatic N) is 2. The Morgan fingerprint density at radius 3 is 2.87 bits per heavy atom. The van der Waals surface area contributed by atoms with E-state index in [2.05, 4.69) is 10.3 Å². The number of hydrogen-bond donors (Lipinski definition) is 2. The van der Waals surface area contributed by atoms with Crippen LogP contribution in [-0.2, 0) is 6.61 Å². The second kappa shape index (κ2) is 6.36. The number of rotatable bonds is 4. The molecule has 2 aromatic heterocycles. The number of hydrogen-bond acceptors (Lipinski definition) is 4. The molecular weight excluding hydrogens is 310 g/mol. The van der Waals surface area contributed by atoms with E-state index in [4.69, 9.17) is 0 Å². The summed E-state index contributed by atoms with van der Waals surface area (Å²) in [5, 5.41) is 14.8. The molecule has 0 fully saturated rings. The molecule has 0 aliphatic rings. The van der Waals surface area contributed by atoms with Gasteiger partial charge in [-0.1, -0.05) is 12.1 Å². The molecule has 1 aromatic carbocycles. The lowest BCUT2D eigenvalue weighted by molar-refractivity contribution is 0.102. The summed E-state index contributed by atoms with van der Waals surface area (Å²) in [5.74, 6) is -0.170. The molecule has 2 N–H and O–H groups in total. The van der Waals surface area contributed by atoms with Gasteiger partial charge in [-0.2, -0.15) is 0 Å². The van der Waals surface area contributed by atoms with Crippen LogP contribution in [0.1, 0.15) is 27.3 Å². The lowest BCUT2D eigenvalue weighted by Crippen LogP contribution is -2.13. The van der Waals surface area contributed by atoms with Gasteiger partial charge >= 0.3 is 0 Å². The number of carbonyl (C=O) groups is 1. The Kier molecular flexibility index (Phi) is 4.27. The summed E-state index contributed by atoms with van der Waals surface area (Å²) in [5.41, 5.74) is 3.86. The highest BCUT2D eigenvalue weighted by atomic mass is 32.1. The van der Waals surface area contributed by atoms with Crippen LogP contribution in [-0.4, -0.2) is 20.6 Å². The molecule has 6 heteroatoms. The van der Waals surface area contributed by atoms with Crippen LogP contribution >= 0.6 is 11.3 Å². The van der Waals surface area contributed by atoms with Gasteiger partial charge in [-0.25, -0.2) is 4.98 Å². The maximum absolute atomic E-state index is 12.6. The summed E-state index contributed by atoms with van der Waals surface area (Å²) >= 11 is 1.53. The number of anilines is 1. The number of aromatic nitrogens is 2. The average Bonchev–Trinajstić information content (AvgIpc) is 3.15. The molecule has 0 aliphatic heterocycles. The second-order valence-corrected chi connectivity index (χ2v) is 6.12. The van der Waals surface area contributed by atoms with Crippen LogP contribution in [0.5, 0.6) is 0 Å². The first kappa shape index (κ1) is 15.5. The lowest BCUT2D eigenvalue weighted by atomic mass is 10.2. The van der Waals surface area contributed by atoms with Crippen LogP contribution in [0, 0.1) is 13.8 Å². The van der Waals surface area contributed by atoms with Crippen molar-refractivity contribution in [1.82, 2.24) is 9.55 Å². The maximum atomic E-state index is 12.6. The lowest BCUT2D eigenvalue weighted by Gasteiger charge is -2.08. The molecule has 118 valence electrons. The smallest absolute Gasteiger partial charge is 0.257 e. The summed E-state index contributed by atoms with van der Waals surface area (Å²) in [6.07, 6.45) is 1.75. The van der Waals surface area contributed by atoms with Crippen molar-refractivity contribution in [1.29, 1.82) is 0 Å². The molecule has 1 amide bonds. The molecular formula is C17H17N3O2S. The molecule has 0 aliphatic carbocycles. The van der Waals surface area contributed by atoms with E-state index < -0.39 is 0 Å². The standard InChI is InChI=1S/C17H17N3O2S/c1-11-8-15(12(2)20(11)17-18-6-7-23-17)16(22)19-14-5-3-4-13(9-14)10-21/h3-9,21H,10H2,1-2H3,(H,19,22). The van der Waals surface area contributed by atoms with Gasteiger partial charge in [0, 0.05) is 28.7 Å². The molecule has 2 heterocycles. The first-order valence-corrected chi connectivity index (χ1v) is 8.08. The summed E-state index contributed by atoms with van der Waals surface area (Å²) in [6, 6.07) is 9.04. The van der Waals surface area contributed by atoms with E-state index in [0.717, 1.165) is 22.1 Å². The number of aryl methyl sites for hydroxylation is 1. The van der Waals surface area contributed by atoms with Gasteiger partial charge in [-0.3, -0.25) is 9.36 Å². The largest absolute Gasteiger partial charge is 0.392 e. The molecule has 5 nitrogen and oxygen atoms in total. The molecule has 0 bridgehead atoms. The highest BCUT2D eigenvalue weighted by molar-refractivity contribution is 7.12. The summed E-state index contributed by atoms with van der Waals surface area (Å²) in [7, 11) is 0. The average molecular weight is 327 g/mol. The number of benzene rings is 1. The predicted molar refractivity (Wildman–Crippen MR) is 91.2 cm³/mol. The van der Waals surface area contributed by atoms with Crippen molar-refractivity contribution in [2.24, 2.45) is 0 Å².